The molecule has 8 heteroatoms. The maximum Gasteiger partial charge on any atom is 0.191 e. The fraction of sp³-hybridized carbons (Fsp3) is 0.562. The van der Waals surface area contributed by atoms with Crippen LogP contribution >= 0.6 is 22.7 Å². The third-order valence-corrected chi connectivity index (χ3v) is 6.02. The van der Waals surface area contributed by atoms with Gasteiger partial charge in [-0.2, -0.15) is 0 Å². The number of hydrogen-bond donors (Lipinski definition) is 1. The molecule has 130 valence electrons. The summed E-state index contributed by atoms with van der Waals surface area (Å²) in [5.74, 6) is 1.14. The molecule has 0 spiro atoms. The van der Waals surface area contributed by atoms with Gasteiger partial charge in [0.05, 0.1) is 10.7 Å². The van der Waals surface area contributed by atoms with Crippen molar-refractivity contribution in [2.24, 2.45) is 10.7 Å². The number of aromatic nitrogens is 2. The van der Waals surface area contributed by atoms with E-state index in [0.717, 1.165) is 43.4 Å². The summed E-state index contributed by atoms with van der Waals surface area (Å²) < 4.78 is 0. The Morgan fingerprint density at radius 2 is 2.08 bits per heavy atom. The Labute approximate surface area is 151 Å². The van der Waals surface area contributed by atoms with Crippen molar-refractivity contribution in [2.45, 2.75) is 26.2 Å². The first-order valence-corrected chi connectivity index (χ1v) is 10.0. The summed E-state index contributed by atoms with van der Waals surface area (Å²) in [6.07, 6.45) is 2.70. The molecule has 0 radical (unpaired) electrons. The molecular formula is C16H24N6S2. The van der Waals surface area contributed by atoms with E-state index in [9.17, 15) is 0 Å². The van der Waals surface area contributed by atoms with Crippen molar-refractivity contribution in [1.82, 2.24) is 14.9 Å². The number of piperazine rings is 1. The third kappa shape index (κ3) is 4.24. The Morgan fingerprint density at radius 3 is 2.71 bits per heavy atom. The Hall–Kier alpha value is -1.67. The fourth-order valence-corrected chi connectivity index (χ4v) is 4.15. The van der Waals surface area contributed by atoms with E-state index in [2.05, 4.69) is 44.0 Å². The van der Waals surface area contributed by atoms with Gasteiger partial charge in [-0.3, -0.25) is 4.99 Å². The van der Waals surface area contributed by atoms with Crippen LogP contribution in [0.5, 0.6) is 0 Å². The fourth-order valence-electron chi connectivity index (χ4n) is 2.59. The van der Waals surface area contributed by atoms with Gasteiger partial charge in [-0.1, -0.05) is 13.8 Å². The Kier molecular flexibility index (Phi) is 5.68. The summed E-state index contributed by atoms with van der Waals surface area (Å²) in [7, 11) is 0. The normalized spacial score (nSPS) is 16.2. The summed E-state index contributed by atoms with van der Waals surface area (Å²) in [6, 6.07) is 0. The Bertz CT molecular complexity index is 656. The maximum atomic E-state index is 6.16. The number of nitrogens with zero attached hydrogens (tertiary/aromatic N) is 5. The van der Waals surface area contributed by atoms with Crippen LogP contribution in [0.3, 0.4) is 0 Å². The highest BCUT2D eigenvalue weighted by atomic mass is 32.1. The minimum Gasteiger partial charge on any atom is -0.370 e. The molecule has 0 aliphatic carbocycles. The van der Waals surface area contributed by atoms with Crippen molar-refractivity contribution in [1.29, 1.82) is 0 Å². The Morgan fingerprint density at radius 1 is 1.29 bits per heavy atom. The number of hydrogen-bond acceptors (Lipinski definition) is 6. The zero-order valence-electron chi connectivity index (χ0n) is 14.2. The standard InChI is InChI=1S/C16H24N6S2/c1-12(2)14-20-13(11-24-14)3-4-18-15(17)21-6-8-22(9-7-21)16-19-5-10-23-16/h5,10-12H,3-4,6-9H2,1-2H3,(H2,17,18). The molecule has 0 aromatic carbocycles. The van der Waals surface area contributed by atoms with Gasteiger partial charge in [-0.15, -0.1) is 22.7 Å². The van der Waals surface area contributed by atoms with E-state index < -0.39 is 0 Å². The van der Waals surface area contributed by atoms with Crippen LogP contribution in [-0.2, 0) is 6.42 Å². The van der Waals surface area contributed by atoms with E-state index in [4.69, 9.17) is 5.73 Å². The molecule has 1 fully saturated rings. The molecule has 1 saturated heterocycles. The van der Waals surface area contributed by atoms with E-state index in [1.165, 1.54) is 5.01 Å². The van der Waals surface area contributed by atoms with Crippen LogP contribution in [0.4, 0.5) is 5.13 Å². The molecule has 0 bridgehead atoms. The number of rotatable bonds is 5. The Balaban J connectivity index is 1.46. The number of aliphatic imine (C=N–C) groups is 1. The van der Waals surface area contributed by atoms with Crippen molar-refractivity contribution in [3.8, 4) is 0 Å². The van der Waals surface area contributed by atoms with Gasteiger partial charge in [0.25, 0.3) is 0 Å². The molecule has 2 aromatic rings. The molecule has 0 unspecified atom stereocenters. The lowest BCUT2D eigenvalue weighted by Crippen LogP contribution is -2.51. The average molecular weight is 365 g/mol. The third-order valence-electron chi connectivity index (χ3n) is 4.00. The lowest BCUT2D eigenvalue weighted by atomic mass is 10.2. The molecule has 1 aliphatic heterocycles. The van der Waals surface area contributed by atoms with E-state index in [-0.39, 0.29) is 0 Å². The van der Waals surface area contributed by atoms with Gasteiger partial charge in [-0.05, 0) is 0 Å². The molecule has 0 atom stereocenters. The smallest absolute Gasteiger partial charge is 0.191 e. The van der Waals surface area contributed by atoms with Crippen LogP contribution in [0.25, 0.3) is 0 Å². The van der Waals surface area contributed by atoms with Crippen molar-refractivity contribution in [2.75, 3.05) is 37.6 Å². The first-order chi connectivity index (χ1) is 11.6. The maximum absolute atomic E-state index is 6.16. The first kappa shape index (κ1) is 17.2. The van der Waals surface area contributed by atoms with Crippen LogP contribution in [0.1, 0.15) is 30.5 Å². The summed E-state index contributed by atoms with van der Waals surface area (Å²) in [5.41, 5.74) is 7.28. The van der Waals surface area contributed by atoms with Crippen LogP contribution in [0, 0.1) is 0 Å². The second-order valence-corrected chi connectivity index (χ2v) is 7.87. The number of thiazole rings is 2. The second-order valence-electron chi connectivity index (χ2n) is 6.11. The molecule has 3 heterocycles. The highest BCUT2D eigenvalue weighted by Gasteiger charge is 2.19. The molecule has 0 saturated carbocycles. The first-order valence-electron chi connectivity index (χ1n) is 8.27. The molecule has 24 heavy (non-hydrogen) atoms. The summed E-state index contributed by atoms with van der Waals surface area (Å²) in [5, 5.41) is 6.43. The van der Waals surface area contributed by atoms with Crippen molar-refractivity contribution in [3.63, 3.8) is 0 Å². The van der Waals surface area contributed by atoms with Crippen molar-refractivity contribution in [3.05, 3.63) is 27.7 Å². The molecule has 1 aliphatic rings. The number of nitrogens with two attached hydrogens (primary N) is 1. The molecule has 3 rings (SSSR count). The monoisotopic (exact) mass is 364 g/mol. The van der Waals surface area contributed by atoms with E-state index in [1.807, 2.05) is 11.6 Å². The van der Waals surface area contributed by atoms with Gasteiger partial charge in [-0.25, -0.2) is 9.97 Å². The van der Waals surface area contributed by atoms with Crippen LogP contribution < -0.4 is 10.6 Å². The van der Waals surface area contributed by atoms with Gasteiger partial charge in [0, 0.05) is 62.0 Å². The van der Waals surface area contributed by atoms with Crippen LogP contribution in [-0.4, -0.2) is 53.6 Å². The minimum atomic E-state index is 0.492. The summed E-state index contributed by atoms with van der Waals surface area (Å²) in [4.78, 5) is 18.0. The van der Waals surface area contributed by atoms with Crippen molar-refractivity contribution >= 4 is 33.8 Å². The van der Waals surface area contributed by atoms with E-state index in [1.54, 1.807) is 22.7 Å². The molecular weight excluding hydrogens is 340 g/mol. The average Bonchev–Trinajstić information content (AvgIpc) is 3.27. The largest absolute Gasteiger partial charge is 0.370 e. The zero-order chi connectivity index (χ0) is 16.9. The predicted molar refractivity (Wildman–Crippen MR) is 102 cm³/mol. The predicted octanol–water partition coefficient (Wildman–Crippen LogP) is 2.40. The van der Waals surface area contributed by atoms with Crippen LogP contribution in [0.15, 0.2) is 21.9 Å². The summed E-state index contributed by atoms with van der Waals surface area (Å²) in [6.45, 7) is 8.70. The zero-order valence-corrected chi connectivity index (χ0v) is 15.8. The van der Waals surface area contributed by atoms with Crippen molar-refractivity contribution < 1.29 is 0 Å². The quantitative estimate of drug-likeness (QED) is 0.652. The topological polar surface area (TPSA) is 70.6 Å². The summed E-state index contributed by atoms with van der Waals surface area (Å²) >= 11 is 3.42. The van der Waals surface area contributed by atoms with E-state index >= 15 is 0 Å². The highest BCUT2D eigenvalue weighted by Crippen LogP contribution is 2.20. The molecule has 6 nitrogen and oxygen atoms in total. The SMILES string of the molecule is CC(C)c1nc(CCN=C(N)N2CCN(c3nccs3)CC2)cs1. The lowest BCUT2D eigenvalue weighted by molar-refractivity contribution is 0.380. The number of anilines is 1. The molecule has 0 amide bonds. The van der Waals surface area contributed by atoms with Gasteiger partial charge in [0.1, 0.15) is 0 Å². The lowest BCUT2D eigenvalue weighted by Gasteiger charge is -2.35. The molecule has 2 aromatic heterocycles. The minimum absolute atomic E-state index is 0.492. The second kappa shape index (κ2) is 7.94. The molecule has 2 N–H and O–H groups in total. The van der Waals surface area contributed by atoms with Gasteiger partial charge in [0.2, 0.25) is 0 Å². The highest BCUT2D eigenvalue weighted by molar-refractivity contribution is 7.13. The van der Waals surface area contributed by atoms with Gasteiger partial charge in [0.15, 0.2) is 11.1 Å². The van der Waals surface area contributed by atoms with E-state index in [0.29, 0.717) is 18.4 Å². The van der Waals surface area contributed by atoms with Crippen LogP contribution in [0.2, 0.25) is 0 Å². The van der Waals surface area contributed by atoms with Gasteiger partial charge < -0.3 is 15.5 Å². The van der Waals surface area contributed by atoms with Gasteiger partial charge >= 0.3 is 0 Å². The number of guanidine groups is 1.